The molecule has 2 nitrogen and oxygen atoms in total. The number of allylic oxidation sites excluding steroid dienone is 3. The van der Waals surface area contributed by atoms with Crippen LogP contribution in [0.15, 0.2) is 65.2 Å². The molecule has 0 radical (unpaired) electrons. The molecule has 0 amide bonds. The number of nitrogens with zero attached hydrogens (tertiary/aromatic N) is 1. The predicted molar refractivity (Wildman–Crippen MR) is 98.9 cm³/mol. The van der Waals surface area contributed by atoms with Gasteiger partial charge in [-0.2, -0.15) is 0 Å². The third kappa shape index (κ3) is 3.29. The summed E-state index contributed by atoms with van der Waals surface area (Å²) in [5, 5.41) is 0. The summed E-state index contributed by atoms with van der Waals surface area (Å²) in [6.07, 6.45) is 4.85. The van der Waals surface area contributed by atoms with E-state index < -0.39 is 11.6 Å². The van der Waals surface area contributed by atoms with E-state index in [9.17, 15) is 13.2 Å². The third-order valence-corrected chi connectivity index (χ3v) is 4.96. The van der Waals surface area contributed by atoms with Crippen LogP contribution in [0.4, 0.5) is 13.2 Å². The highest BCUT2D eigenvalue weighted by Crippen LogP contribution is 2.34. The van der Waals surface area contributed by atoms with Crippen LogP contribution >= 0.6 is 0 Å². The molecular formula is C22H18F3NO. The van der Waals surface area contributed by atoms with Gasteiger partial charge in [-0.15, -0.1) is 0 Å². The van der Waals surface area contributed by atoms with Crippen molar-refractivity contribution < 1.29 is 17.9 Å². The number of hydrogen-bond acceptors (Lipinski definition) is 2. The Morgan fingerprint density at radius 3 is 2.26 bits per heavy atom. The Labute approximate surface area is 155 Å². The average Bonchev–Trinajstić information content (AvgIpc) is 3.03. The first-order valence-corrected chi connectivity index (χ1v) is 8.88. The lowest BCUT2D eigenvalue weighted by molar-refractivity contribution is 0.221. The first-order chi connectivity index (χ1) is 13.0. The van der Waals surface area contributed by atoms with Crippen molar-refractivity contribution in [3.05, 3.63) is 88.8 Å². The Morgan fingerprint density at radius 2 is 1.59 bits per heavy atom. The lowest BCUT2D eigenvalue weighted by Gasteiger charge is -2.20. The molecule has 0 fully saturated rings. The first-order valence-electron chi connectivity index (χ1n) is 8.88. The van der Waals surface area contributed by atoms with Gasteiger partial charge in [0.25, 0.3) is 0 Å². The highest BCUT2D eigenvalue weighted by Gasteiger charge is 2.33. The van der Waals surface area contributed by atoms with Gasteiger partial charge in [-0.25, -0.2) is 18.2 Å². The number of hydrogen-bond donors (Lipinski definition) is 0. The molecule has 5 heteroatoms. The van der Waals surface area contributed by atoms with Crippen LogP contribution in [0, 0.1) is 17.5 Å². The van der Waals surface area contributed by atoms with Gasteiger partial charge in [-0.1, -0.05) is 36.4 Å². The summed E-state index contributed by atoms with van der Waals surface area (Å²) in [7, 11) is 0. The maximum atomic E-state index is 14.0. The van der Waals surface area contributed by atoms with Gasteiger partial charge in [-0.3, -0.25) is 0 Å². The summed E-state index contributed by atoms with van der Waals surface area (Å²) < 4.78 is 47.7. The zero-order valence-corrected chi connectivity index (χ0v) is 14.8. The molecule has 138 valence electrons. The van der Waals surface area contributed by atoms with E-state index in [2.05, 4.69) is 4.99 Å². The van der Waals surface area contributed by atoms with Gasteiger partial charge < -0.3 is 4.74 Å². The fourth-order valence-corrected chi connectivity index (χ4v) is 3.56. The summed E-state index contributed by atoms with van der Waals surface area (Å²) >= 11 is 0. The quantitative estimate of drug-likeness (QED) is 0.706. The van der Waals surface area contributed by atoms with E-state index in [1.54, 1.807) is 12.1 Å². The monoisotopic (exact) mass is 369 g/mol. The topological polar surface area (TPSA) is 21.6 Å². The minimum atomic E-state index is -0.694. The van der Waals surface area contributed by atoms with E-state index >= 15 is 0 Å². The van der Waals surface area contributed by atoms with Crippen molar-refractivity contribution in [1.29, 1.82) is 0 Å². The van der Waals surface area contributed by atoms with Crippen molar-refractivity contribution in [2.75, 3.05) is 0 Å². The molecule has 0 spiro atoms. The molecule has 0 bridgehead atoms. The highest BCUT2D eigenvalue weighted by molar-refractivity contribution is 5.96. The van der Waals surface area contributed by atoms with Crippen LogP contribution in [0.5, 0.6) is 0 Å². The van der Waals surface area contributed by atoms with Gasteiger partial charge in [0.1, 0.15) is 35.2 Å². The molecular weight excluding hydrogens is 351 g/mol. The number of aliphatic imine (C=N–C) groups is 1. The second-order valence-corrected chi connectivity index (χ2v) is 6.71. The molecule has 2 aromatic carbocycles. The van der Waals surface area contributed by atoms with E-state index in [1.807, 2.05) is 25.1 Å². The Morgan fingerprint density at radius 1 is 0.889 bits per heavy atom. The number of ether oxygens (including phenoxy) is 1. The van der Waals surface area contributed by atoms with Crippen molar-refractivity contribution in [1.82, 2.24) is 0 Å². The van der Waals surface area contributed by atoms with Crippen molar-refractivity contribution in [2.45, 2.75) is 31.9 Å². The fourth-order valence-electron chi connectivity index (χ4n) is 3.56. The Balaban J connectivity index is 1.63. The second-order valence-electron chi connectivity index (χ2n) is 6.71. The molecule has 4 rings (SSSR count). The van der Waals surface area contributed by atoms with Crippen molar-refractivity contribution in [3.63, 3.8) is 0 Å². The molecule has 2 aliphatic rings. The van der Waals surface area contributed by atoms with Gasteiger partial charge >= 0.3 is 0 Å². The average molecular weight is 369 g/mol. The fraction of sp³-hybridized carbons (Fsp3) is 0.227. The van der Waals surface area contributed by atoms with E-state index in [1.165, 1.54) is 24.3 Å². The van der Waals surface area contributed by atoms with Gasteiger partial charge in [0.2, 0.25) is 5.90 Å². The Hall–Kier alpha value is -2.82. The van der Waals surface area contributed by atoms with Crippen molar-refractivity contribution in [3.8, 4) is 0 Å². The number of rotatable bonds is 3. The summed E-state index contributed by atoms with van der Waals surface area (Å²) in [6.45, 7) is 1.83. The van der Waals surface area contributed by atoms with Crippen LogP contribution in [-0.4, -0.2) is 18.0 Å². The zero-order chi connectivity index (χ0) is 19.0. The van der Waals surface area contributed by atoms with Crippen molar-refractivity contribution in [2.24, 2.45) is 4.99 Å². The summed E-state index contributed by atoms with van der Waals surface area (Å²) in [5.74, 6) is -1.64. The minimum Gasteiger partial charge on any atom is -0.472 e. The Bertz CT molecular complexity index is 957. The first kappa shape index (κ1) is 17.6. The molecule has 0 N–H and O–H groups in total. The van der Waals surface area contributed by atoms with E-state index in [4.69, 9.17) is 4.74 Å². The molecule has 2 aromatic rings. The lowest BCUT2D eigenvalue weighted by atomic mass is 9.89. The van der Waals surface area contributed by atoms with Crippen molar-refractivity contribution >= 4 is 11.5 Å². The zero-order valence-electron chi connectivity index (χ0n) is 14.8. The highest BCUT2D eigenvalue weighted by atomic mass is 19.1. The maximum absolute atomic E-state index is 14.0. The van der Waals surface area contributed by atoms with Gasteiger partial charge in [0.15, 0.2) is 0 Å². The summed E-state index contributed by atoms with van der Waals surface area (Å²) in [5.41, 5.74) is 2.30. The number of benzene rings is 2. The molecule has 2 atom stereocenters. The van der Waals surface area contributed by atoms with Crippen LogP contribution < -0.4 is 0 Å². The van der Waals surface area contributed by atoms with Crippen LogP contribution in [0.1, 0.15) is 30.9 Å². The van der Waals surface area contributed by atoms with E-state index in [-0.39, 0.29) is 29.4 Å². The molecule has 27 heavy (non-hydrogen) atoms. The molecule has 1 aliphatic heterocycles. The minimum absolute atomic E-state index is 0.00659. The third-order valence-electron chi connectivity index (χ3n) is 4.96. The largest absolute Gasteiger partial charge is 0.472 e. The summed E-state index contributed by atoms with van der Waals surface area (Å²) in [4.78, 5) is 4.44. The normalized spacial score (nSPS) is 22.0. The second kappa shape index (κ2) is 7.06. The lowest BCUT2D eigenvalue weighted by Crippen LogP contribution is -2.22. The van der Waals surface area contributed by atoms with E-state index in [0.29, 0.717) is 18.4 Å². The Kier molecular flexibility index (Phi) is 4.60. The van der Waals surface area contributed by atoms with Gasteiger partial charge in [-0.05, 0) is 49.1 Å². The predicted octanol–water partition coefficient (Wildman–Crippen LogP) is 5.44. The molecule has 0 unspecified atom stereocenters. The van der Waals surface area contributed by atoms with Crippen LogP contribution in [0.3, 0.4) is 0 Å². The molecule has 1 aliphatic carbocycles. The van der Waals surface area contributed by atoms with Gasteiger partial charge in [0.05, 0.1) is 0 Å². The smallest absolute Gasteiger partial charge is 0.223 e. The summed E-state index contributed by atoms with van der Waals surface area (Å²) in [6, 6.07) is 10.1. The van der Waals surface area contributed by atoms with Crippen LogP contribution in [0.2, 0.25) is 0 Å². The number of halogens is 3. The molecule has 0 saturated heterocycles. The molecule has 0 saturated carbocycles. The molecule has 0 aromatic heterocycles. The van der Waals surface area contributed by atoms with Crippen LogP contribution in [-0.2, 0) is 4.74 Å². The van der Waals surface area contributed by atoms with Gasteiger partial charge in [0, 0.05) is 5.56 Å². The SMILES string of the molecule is C[C@H]1OC(c2c(F)cccc2F)=N[C@H]1C1=CC=C(c2ccccc2F)CC1. The van der Waals surface area contributed by atoms with Crippen LogP contribution in [0.25, 0.3) is 5.57 Å². The maximum Gasteiger partial charge on any atom is 0.223 e. The standard InChI is InChI=1S/C22H18F3NO/c1-13-21(26-22(27-13)20-18(24)7-4-8-19(20)25)15-11-9-14(10-12-15)16-5-2-3-6-17(16)23/h2-9,11,13,21H,10,12H2,1H3/t13-,21-/m1/s1. The molecule has 1 heterocycles. The van der Waals surface area contributed by atoms with E-state index in [0.717, 1.165) is 11.1 Å².